The van der Waals surface area contributed by atoms with Crippen LogP contribution < -0.4 is 5.56 Å². The normalized spacial score (nSPS) is 18.4. The fraction of sp³-hybridized carbons (Fsp3) is 0.333. The number of benzene rings is 1. The third-order valence-corrected chi connectivity index (χ3v) is 4.46. The lowest BCUT2D eigenvalue weighted by molar-refractivity contribution is -0.0366. The van der Waals surface area contributed by atoms with Crippen molar-refractivity contribution >= 4 is 10.9 Å². The van der Waals surface area contributed by atoms with Crippen molar-refractivity contribution in [2.45, 2.75) is 32.4 Å². The van der Waals surface area contributed by atoms with E-state index in [1.54, 1.807) is 12.3 Å². The van der Waals surface area contributed by atoms with Crippen molar-refractivity contribution in [2.75, 3.05) is 6.61 Å². The maximum absolute atomic E-state index is 11.6. The molecule has 1 atom stereocenters. The molecule has 1 aromatic carbocycles. The molecule has 0 amide bonds. The molecule has 0 saturated carbocycles. The molecule has 118 valence electrons. The molecule has 1 fully saturated rings. The van der Waals surface area contributed by atoms with Crippen LogP contribution in [-0.2, 0) is 4.74 Å². The number of rotatable bonds is 2. The summed E-state index contributed by atoms with van der Waals surface area (Å²) in [6.45, 7) is 2.85. The van der Waals surface area contributed by atoms with Crippen LogP contribution in [0.2, 0.25) is 0 Å². The maximum atomic E-state index is 11.6. The molecule has 5 nitrogen and oxygen atoms in total. The second-order valence-electron chi connectivity index (χ2n) is 6.08. The van der Waals surface area contributed by atoms with Gasteiger partial charge in [-0.25, -0.2) is 4.68 Å². The summed E-state index contributed by atoms with van der Waals surface area (Å²) < 4.78 is 7.85. The van der Waals surface area contributed by atoms with Gasteiger partial charge in [0.05, 0.1) is 11.7 Å². The van der Waals surface area contributed by atoms with Crippen LogP contribution in [0.4, 0.5) is 0 Å². The minimum Gasteiger partial charge on any atom is -0.356 e. The van der Waals surface area contributed by atoms with Crippen LogP contribution in [-0.4, -0.2) is 21.4 Å². The van der Waals surface area contributed by atoms with E-state index >= 15 is 0 Å². The molecule has 4 rings (SSSR count). The number of aromatic amines is 1. The van der Waals surface area contributed by atoms with E-state index < -0.39 is 0 Å². The van der Waals surface area contributed by atoms with Gasteiger partial charge in [0.25, 0.3) is 0 Å². The monoisotopic (exact) mass is 309 g/mol. The number of H-pyrrole nitrogens is 1. The number of aromatic nitrogens is 3. The van der Waals surface area contributed by atoms with Crippen molar-refractivity contribution in [3.8, 4) is 11.1 Å². The Morgan fingerprint density at radius 1 is 1.30 bits per heavy atom. The van der Waals surface area contributed by atoms with Crippen LogP contribution in [0.5, 0.6) is 0 Å². The minimum absolute atomic E-state index is 0.0102. The molecular weight excluding hydrogens is 290 g/mol. The van der Waals surface area contributed by atoms with E-state index in [1.165, 1.54) is 6.42 Å². The maximum Gasteiger partial charge on any atom is 0.248 e. The summed E-state index contributed by atoms with van der Waals surface area (Å²) in [7, 11) is 0. The standard InChI is InChI=1S/C18H19N3O2/c1-12-8-14-11-20-21(18-4-2-3-7-23-18)16(14)10-15(12)13-5-6-19-17(22)9-13/h5-6,8-11,18H,2-4,7H2,1H3,(H,19,22). The highest BCUT2D eigenvalue weighted by Gasteiger charge is 2.19. The molecule has 3 heterocycles. The van der Waals surface area contributed by atoms with Gasteiger partial charge < -0.3 is 9.72 Å². The van der Waals surface area contributed by atoms with Gasteiger partial charge in [-0.3, -0.25) is 4.79 Å². The molecule has 1 N–H and O–H groups in total. The first-order chi connectivity index (χ1) is 11.2. The number of ether oxygens (including phenoxy) is 1. The molecule has 1 saturated heterocycles. The van der Waals surface area contributed by atoms with E-state index in [4.69, 9.17) is 4.74 Å². The molecule has 23 heavy (non-hydrogen) atoms. The van der Waals surface area contributed by atoms with Crippen molar-refractivity contribution in [1.82, 2.24) is 14.8 Å². The summed E-state index contributed by atoms with van der Waals surface area (Å²) >= 11 is 0. The topological polar surface area (TPSA) is 59.9 Å². The molecule has 1 unspecified atom stereocenters. The third kappa shape index (κ3) is 2.57. The third-order valence-electron chi connectivity index (χ3n) is 4.46. The first-order valence-electron chi connectivity index (χ1n) is 8.01. The van der Waals surface area contributed by atoms with Crippen LogP contribution in [0.15, 0.2) is 41.5 Å². The van der Waals surface area contributed by atoms with E-state index in [0.717, 1.165) is 47.0 Å². The highest BCUT2D eigenvalue weighted by atomic mass is 16.5. The fourth-order valence-electron chi connectivity index (χ4n) is 3.28. The predicted octanol–water partition coefficient (Wildman–Crippen LogP) is 3.40. The zero-order chi connectivity index (χ0) is 15.8. The molecule has 1 aliphatic heterocycles. The van der Waals surface area contributed by atoms with Gasteiger partial charge in [-0.15, -0.1) is 0 Å². The molecule has 0 radical (unpaired) electrons. The SMILES string of the molecule is Cc1cc2cnn(C3CCCCO3)c2cc1-c1cc[nH]c(=O)c1. The van der Waals surface area contributed by atoms with E-state index in [9.17, 15) is 4.79 Å². The van der Waals surface area contributed by atoms with Crippen LogP contribution in [0.3, 0.4) is 0 Å². The summed E-state index contributed by atoms with van der Waals surface area (Å²) in [5, 5.41) is 5.64. The van der Waals surface area contributed by atoms with Crippen molar-refractivity contribution in [3.05, 3.63) is 52.6 Å². The zero-order valence-electron chi connectivity index (χ0n) is 13.1. The van der Waals surface area contributed by atoms with Gasteiger partial charge in [-0.2, -0.15) is 5.10 Å². The van der Waals surface area contributed by atoms with Gasteiger partial charge in [0, 0.05) is 24.3 Å². The lowest BCUT2D eigenvalue weighted by atomic mass is 10.00. The lowest BCUT2D eigenvalue weighted by Crippen LogP contribution is -2.18. The average molecular weight is 309 g/mol. The van der Waals surface area contributed by atoms with E-state index in [2.05, 4.69) is 29.1 Å². The summed E-state index contributed by atoms with van der Waals surface area (Å²) in [5.41, 5.74) is 4.07. The highest BCUT2D eigenvalue weighted by molar-refractivity contribution is 5.86. The minimum atomic E-state index is -0.0916. The van der Waals surface area contributed by atoms with Gasteiger partial charge in [0.1, 0.15) is 0 Å². The number of pyridine rings is 1. The molecule has 2 aromatic heterocycles. The number of hydrogen-bond donors (Lipinski definition) is 1. The number of aryl methyl sites for hydroxylation is 1. The van der Waals surface area contributed by atoms with Gasteiger partial charge in [0.2, 0.25) is 5.56 Å². The van der Waals surface area contributed by atoms with Crippen molar-refractivity contribution in [1.29, 1.82) is 0 Å². The van der Waals surface area contributed by atoms with Gasteiger partial charge in [-0.1, -0.05) is 0 Å². The summed E-state index contributed by atoms with van der Waals surface area (Å²) in [4.78, 5) is 14.3. The van der Waals surface area contributed by atoms with Crippen LogP contribution >= 0.6 is 0 Å². The Labute approximate surface area is 133 Å². The second kappa shape index (κ2) is 5.66. The Bertz CT molecular complexity index is 904. The molecule has 3 aromatic rings. The smallest absolute Gasteiger partial charge is 0.248 e. The molecule has 0 bridgehead atoms. The van der Waals surface area contributed by atoms with Crippen LogP contribution in [0.1, 0.15) is 31.1 Å². The van der Waals surface area contributed by atoms with Crippen LogP contribution in [0, 0.1) is 6.92 Å². The summed E-state index contributed by atoms with van der Waals surface area (Å²) in [6, 6.07) is 7.79. The molecule has 0 aliphatic carbocycles. The molecular formula is C18H19N3O2. The second-order valence-corrected chi connectivity index (χ2v) is 6.08. The largest absolute Gasteiger partial charge is 0.356 e. The first kappa shape index (κ1) is 14.2. The highest BCUT2D eigenvalue weighted by Crippen LogP contribution is 2.31. The molecule has 5 heteroatoms. The van der Waals surface area contributed by atoms with Gasteiger partial charge >= 0.3 is 0 Å². The van der Waals surface area contributed by atoms with Gasteiger partial charge in [0.15, 0.2) is 6.23 Å². The zero-order valence-corrected chi connectivity index (χ0v) is 13.1. The number of nitrogens with one attached hydrogen (secondary N) is 1. The Morgan fingerprint density at radius 3 is 3.00 bits per heavy atom. The van der Waals surface area contributed by atoms with E-state index in [-0.39, 0.29) is 11.8 Å². The van der Waals surface area contributed by atoms with E-state index in [1.807, 2.05) is 16.9 Å². The van der Waals surface area contributed by atoms with Crippen molar-refractivity contribution in [3.63, 3.8) is 0 Å². The Balaban J connectivity index is 1.86. The first-order valence-corrected chi connectivity index (χ1v) is 8.01. The Morgan fingerprint density at radius 2 is 2.22 bits per heavy atom. The number of nitrogens with zero attached hydrogens (tertiary/aromatic N) is 2. The van der Waals surface area contributed by atoms with Crippen LogP contribution in [0.25, 0.3) is 22.0 Å². The molecule has 1 aliphatic rings. The van der Waals surface area contributed by atoms with E-state index in [0.29, 0.717) is 0 Å². The Hall–Kier alpha value is -2.40. The Kier molecular flexibility index (Phi) is 3.50. The van der Waals surface area contributed by atoms with Crippen molar-refractivity contribution in [2.24, 2.45) is 0 Å². The lowest BCUT2D eigenvalue weighted by Gasteiger charge is -2.23. The quantitative estimate of drug-likeness (QED) is 0.789. The van der Waals surface area contributed by atoms with Gasteiger partial charge in [-0.05, 0) is 61.1 Å². The predicted molar refractivity (Wildman–Crippen MR) is 89.4 cm³/mol. The number of fused-ring (bicyclic) bond motifs is 1. The van der Waals surface area contributed by atoms with Crippen molar-refractivity contribution < 1.29 is 4.74 Å². The number of hydrogen-bond acceptors (Lipinski definition) is 3. The summed E-state index contributed by atoms with van der Waals surface area (Å²) in [5.74, 6) is 0. The summed E-state index contributed by atoms with van der Waals surface area (Å²) in [6.07, 6.45) is 6.86. The fourth-order valence-corrected chi connectivity index (χ4v) is 3.28. The molecule has 0 spiro atoms. The average Bonchev–Trinajstić information content (AvgIpc) is 2.97.